The first kappa shape index (κ1) is 23.5. The Labute approximate surface area is 250 Å². The lowest BCUT2D eigenvalue weighted by Crippen LogP contribution is -2.09. The Balaban J connectivity index is 1.21. The van der Waals surface area contributed by atoms with Gasteiger partial charge in [-0.25, -0.2) is 4.98 Å². The summed E-state index contributed by atoms with van der Waals surface area (Å²) in [4.78, 5) is 7.18. The molecule has 0 saturated carbocycles. The summed E-state index contributed by atoms with van der Waals surface area (Å²) >= 11 is 0. The summed E-state index contributed by atoms with van der Waals surface area (Å²) in [5, 5.41) is 6.39. The van der Waals surface area contributed by atoms with Gasteiger partial charge in [-0.05, 0) is 66.7 Å². The molecule has 6 aromatic carbocycles. The topological polar surface area (TPSA) is 55.6 Å². The predicted octanol–water partition coefficient (Wildman–Crippen LogP) is 11.4. The average Bonchev–Trinajstić information content (AvgIpc) is 3.74. The van der Waals surface area contributed by atoms with Crippen molar-refractivity contribution in [3.63, 3.8) is 0 Å². The molecule has 0 fully saturated rings. The fourth-order valence-corrected chi connectivity index (χ4v) is 6.57. The molecule has 0 atom stereocenters. The van der Waals surface area contributed by atoms with E-state index in [0.717, 1.165) is 93.9 Å². The van der Waals surface area contributed by atoms with Gasteiger partial charge in [0.25, 0.3) is 0 Å². The van der Waals surface area contributed by atoms with E-state index in [4.69, 9.17) is 18.2 Å². The molecule has 4 aromatic heterocycles. The first-order chi connectivity index (χ1) is 21.8. The smallest absolute Gasteiger partial charge is 0.154 e. The molecule has 206 valence electrons. The van der Waals surface area contributed by atoms with Gasteiger partial charge < -0.3 is 18.2 Å². The van der Waals surface area contributed by atoms with Crippen molar-refractivity contribution in [1.82, 2.24) is 4.98 Å². The van der Waals surface area contributed by atoms with E-state index in [-0.39, 0.29) is 0 Å². The van der Waals surface area contributed by atoms with Gasteiger partial charge >= 0.3 is 0 Å². The van der Waals surface area contributed by atoms with Crippen molar-refractivity contribution in [2.45, 2.75) is 0 Å². The molecule has 4 heterocycles. The summed E-state index contributed by atoms with van der Waals surface area (Å²) < 4.78 is 18.9. The summed E-state index contributed by atoms with van der Waals surface area (Å²) in [6, 6.07) is 45.6. The molecule has 0 N–H and O–H groups in total. The molecule has 44 heavy (non-hydrogen) atoms. The van der Waals surface area contributed by atoms with Crippen LogP contribution in [0.5, 0.6) is 0 Å². The maximum absolute atomic E-state index is 6.43. The minimum Gasteiger partial charge on any atom is -0.456 e. The number of hydrogen-bond acceptors (Lipinski definition) is 5. The first-order valence-corrected chi connectivity index (χ1v) is 14.6. The lowest BCUT2D eigenvalue weighted by molar-refractivity contribution is 0.668. The first-order valence-electron chi connectivity index (χ1n) is 14.6. The Kier molecular flexibility index (Phi) is 4.66. The Morgan fingerprint density at radius 1 is 0.386 bits per heavy atom. The zero-order chi connectivity index (χ0) is 28.8. The van der Waals surface area contributed by atoms with Crippen LogP contribution >= 0.6 is 0 Å². The van der Waals surface area contributed by atoms with Crippen LogP contribution in [0.2, 0.25) is 0 Å². The van der Waals surface area contributed by atoms with Crippen LogP contribution in [0.15, 0.2) is 147 Å². The van der Waals surface area contributed by atoms with E-state index < -0.39 is 0 Å². The van der Waals surface area contributed by atoms with E-state index in [2.05, 4.69) is 77.7 Å². The van der Waals surface area contributed by atoms with Crippen molar-refractivity contribution in [3.8, 4) is 0 Å². The van der Waals surface area contributed by atoms with Gasteiger partial charge in [0.2, 0.25) is 0 Å². The number of para-hydroxylation sites is 3. The molecule has 0 spiro atoms. The number of furan rings is 3. The van der Waals surface area contributed by atoms with Gasteiger partial charge in [0, 0.05) is 61.5 Å². The number of aromatic nitrogens is 1. The Bertz CT molecular complexity index is 2750. The van der Waals surface area contributed by atoms with Crippen LogP contribution < -0.4 is 4.90 Å². The van der Waals surface area contributed by atoms with E-state index in [1.165, 1.54) is 0 Å². The molecular weight excluding hydrogens is 544 g/mol. The molecule has 0 radical (unpaired) electrons. The average molecular weight is 567 g/mol. The standard InChI is InChI=1S/C39H22N2O3/c1-4-10-32-23(7-1)19-38-39(40-32)30-17-14-26(22-37(30)44-38)41(24-15-18-35-31(20-24)28-9-3-6-12-34(28)42-35)25-13-16-29-27-8-2-5-11-33(27)43-36(29)21-25/h1-22H. The summed E-state index contributed by atoms with van der Waals surface area (Å²) in [6.45, 7) is 0. The zero-order valence-electron chi connectivity index (χ0n) is 23.3. The third-order valence-electron chi connectivity index (χ3n) is 8.63. The maximum atomic E-state index is 6.43. The van der Waals surface area contributed by atoms with Gasteiger partial charge in [-0.3, -0.25) is 0 Å². The third-order valence-corrected chi connectivity index (χ3v) is 8.63. The Morgan fingerprint density at radius 2 is 0.932 bits per heavy atom. The Morgan fingerprint density at radius 3 is 1.75 bits per heavy atom. The molecule has 0 bridgehead atoms. The van der Waals surface area contributed by atoms with E-state index in [1.807, 2.05) is 60.7 Å². The van der Waals surface area contributed by atoms with Crippen molar-refractivity contribution in [2.75, 3.05) is 4.90 Å². The number of benzene rings is 6. The van der Waals surface area contributed by atoms with Crippen LogP contribution in [0, 0.1) is 0 Å². The third kappa shape index (κ3) is 3.38. The van der Waals surface area contributed by atoms with E-state index in [0.29, 0.717) is 0 Å². The second kappa shape index (κ2) is 8.72. The highest BCUT2D eigenvalue weighted by atomic mass is 16.3. The molecule has 0 amide bonds. The van der Waals surface area contributed by atoms with Crippen molar-refractivity contribution in [1.29, 1.82) is 0 Å². The van der Waals surface area contributed by atoms with Gasteiger partial charge in [-0.15, -0.1) is 0 Å². The monoisotopic (exact) mass is 566 g/mol. The lowest BCUT2D eigenvalue weighted by atomic mass is 10.1. The van der Waals surface area contributed by atoms with Crippen LogP contribution in [-0.2, 0) is 0 Å². The maximum Gasteiger partial charge on any atom is 0.154 e. The second-order valence-corrected chi connectivity index (χ2v) is 11.2. The Hall–Kier alpha value is -6.07. The molecule has 10 rings (SSSR count). The summed E-state index contributed by atoms with van der Waals surface area (Å²) in [5.41, 5.74) is 9.75. The summed E-state index contributed by atoms with van der Waals surface area (Å²) in [7, 11) is 0. The number of anilines is 3. The number of rotatable bonds is 3. The molecule has 5 heteroatoms. The number of fused-ring (bicyclic) bond motifs is 10. The van der Waals surface area contributed by atoms with Gasteiger partial charge in [0.05, 0.1) is 5.52 Å². The normalized spacial score (nSPS) is 12.1. The fourth-order valence-electron chi connectivity index (χ4n) is 6.57. The summed E-state index contributed by atoms with van der Waals surface area (Å²) in [5.74, 6) is 0. The minimum atomic E-state index is 0.775. The van der Waals surface area contributed by atoms with Crippen LogP contribution in [0.3, 0.4) is 0 Å². The highest BCUT2D eigenvalue weighted by molar-refractivity contribution is 6.10. The fraction of sp³-hybridized carbons (Fsp3) is 0. The van der Waals surface area contributed by atoms with Crippen molar-refractivity contribution in [2.24, 2.45) is 0 Å². The largest absolute Gasteiger partial charge is 0.456 e. The van der Waals surface area contributed by atoms with Crippen LogP contribution in [0.25, 0.3) is 76.8 Å². The second-order valence-electron chi connectivity index (χ2n) is 11.2. The molecule has 0 saturated heterocycles. The highest BCUT2D eigenvalue weighted by Gasteiger charge is 2.19. The number of hydrogen-bond donors (Lipinski definition) is 0. The molecular formula is C39H22N2O3. The number of pyridine rings is 1. The molecule has 5 nitrogen and oxygen atoms in total. The van der Waals surface area contributed by atoms with Crippen LogP contribution in [0.4, 0.5) is 17.1 Å². The van der Waals surface area contributed by atoms with Crippen molar-refractivity contribution >= 4 is 93.9 Å². The lowest BCUT2D eigenvalue weighted by Gasteiger charge is -2.25. The molecule has 0 unspecified atom stereocenters. The quantitative estimate of drug-likeness (QED) is 0.213. The van der Waals surface area contributed by atoms with Crippen LogP contribution in [-0.4, -0.2) is 4.98 Å². The molecule has 0 aliphatic rings. The minimum absolute atomic E-state index is 0.775. The van der Waals surface area contributed by atoms with E-state index >= 15 is 0 Å². The van der Waals surface area contributed by atoms with Crippen molar-refractivity contribution in [3.05, 3.63) is 133 Å². The SMILES string of the molecule is c1ccc2nc3c(cc2c1)oc1cc(N(c2ccc4c(c2)oc2ccccc24)c2ccc4oc5ccccc5c4c2)ccc13. The number of nitrogens with zero attached hydrogens (tertiary/aromatic N) is 2. The zero-order valence-corrected chi connectivity index (χ0v) is 23.3. The molecule has 10 aromatic rings. The predicted molar refractivity (Wildman–Crippen MR) is 178 cm³/mol. The highest BCUT2D eigenvalue weighted by Crippen LogP contribution is 2.42. The van der Waals surface area contributed by atoms with Gasteiger partial charge in [0.1, 0.15) is 33.4 Å². The molecule has 0 aliphatic heterocycles. The summed E-state index contributed by atoms with van der Waals surface area (Å²) in [6.07, 6.45) is 0. The van der Waals surface area contributed by atoms with Crippen molar-refractivity contribution < 1.29 is 13.3 Å². The van der Waals surface area contributed by atoms with Gasteiger partial charge in [0.15, 0.2) is 5.58 Å². The van der Waals surface area contributed by atoms with Gasteiger partial charge in [-0.1, -0.05) is 54.6 Å². The molecule has 0 aliphatic carbocycles. The van der Waals surface area contributed by atoms with E-state index in [1.54, 1.807) is 0 Å². The van der Waals surface area contributed by atoms with Crippen LogP contribution in [0.1, 0.15) is 0 Å². The van der Waals surface area contributed by atoms with Gasteiger partial charge in [-0.2, -0.15) is 0 Å². The van der Waals surface area contributed by atoms with E-state index in [9.17, 15) is 0 Å².